The molecule has 1 unspecified atom stereocenters. The number of hydrogen-bond acceptors (Lipinski definition) is 8. The van der Waals surface area contributed by atoms with Gasteiger partial charge < -0.3 is 21.1 Å². The number of nitrogens with two attached hydrogens (primary N) is 1. The van der Waals surface area contributed by atoms with Crippen LogP contribution in [0.1, 0.15) is 46.4 Å². The van der Waals surface area contributed by atoms with Crippen LogP contribution in [0.15, 0.2) is 36.4 Å². The molecule has 2 aliphatic rings. The average Bonchev–Trinajstić information content (AvgIpc) is 2.84. The van der Waals surface area contributed by atoms with Crippen LogP contribution in [0.25, 0.3) is 0 Å². The molecule has 0 spiro atoms. The summed E-state index contributed by atoms with van der Waals surface area (Å²) in [7, 11) is 1.66. The van der Waals surface area contributed by atoms with Gasteiger partial charge in [0.15, 0.2) is 11.5 Å². The van der Waals surface area contributed by atoms with Crippen LogP contribution in [0.5, 0.6) is 5.75 Å². The number of methoxy groups -OCH3 is 1. The molecule has 2 aromatic carbocycles. The van der Waals surface area contributed by atoms with Crippen LogP contribution in [0, 0.1) is 6.92 Å². The second-order valence-electron chi connectivity index (χ2n) is 8.91. The van der Waals surface area contributed by atoms with Crippen molar-refractivity contribution in [3.63, 3.8) is 0 Å². The molecule has 4 N–H and O–H groups in total. The van der Waals surface area contributed by atoms with E-state index in [2.05, 4.69) is 42.8 Å². The van der Waals surface area contributed by atoms with Crippen molar-refractivity contribution in [2.75, 3.05) is 24.3 Å². The van der Waals surface area contributed by atoms with E-state index in [1.54, 1.807) is 7.11 Å². The van der Waals surface area contributed by atoms with Gasteiger partial charge in [0, 0.05) is 18.3 Å². The number of amides is 1. The zero-order chi connectivity index (χ0) is 23.7. The molecule has 9 nitrogen and oxygen atoms in total. The minimum absolute atomic E-state index is 0.0256. The van der Waals surface area contributed by atoms with Crippen LogP contribution in [-0.4, -0.2) is 45.7 Å². The number of aryl methyl sites for hydroxylation is 1. The monoisotopic (exact) mass is 459 g/mol. The van der Waals surface area contributed by atoms with Gasteiger partial charge in [0.1, 0.15) is 5.75 Å². The molecule has 1 atom stereocenters. The van der Waals surface area contributed by atoms with E-state index in [9.17, 15) is 4.79 Å². The van der Waals surface area contributed by atoms with Crippen LogP contribution >= 0.6 is 0 Å². The van der Waals surface area contributed by atoms with Gasteiger partial charge in [0.05, 0.1) is 12.8 Å². The van der Waals surface area contributed by atoms with Gasteiger partial charge in [-0.3, -0.25) is 9.69 Å². The molecule has 3 heterocycles. The number of piperidine rings is 1. The number of hydrogen-bond donors (Lipinski definition) is 3. The van der Waals surface area contributed by atoms with E-state index in [1.165, 1.54) is 30.4 Å². The number of rotatable bonds is 6. The summed E-state index contributed by atoms with van der Waals surface area (Å²) in [6, 6.07) is 12.5. The highest BCUT2D eigenvalue weighted by Gasteiger charge is 2.29. The zero-order valence-corrected chi connectivity index (χ0v) is 19.5. The van der Waals surface area contributed by atoms with Crippen molar-refractivity contribution in [1.29, 1.82) is 0 Å². The second-order valence-corrected chi connectivity index (χ2v) is 8.91. The minimum Gasteiger partial charge on any atom is -0.495 e. The fourth-order valence-electron chi connectivity index (χ4n) is 4.84. The Bertz CT molecular complexity index is 1230. The molecule has 3 aromatic rings. The summed E-state index contributed by atoms with van der Waals surface area (Å²) in [5.41, 5.74) is 10.7. The number of carbonyl (C=O) groups is 1. The average molecular weight is 460 g/mol. The highest BCUT2D eigenvalue weighted by Crippen LogP contribution is 2.36. The molecule has 1 saturated heterocycles. The minimum atomic E-state index is -0.704. The first-order valence-corrected chi connectivity index (χ1v) is 11.6. The summed E-state index contributed by atoms with van der Waals surface area (Å²) < 4.78 is 5.68. The zero-order valence-electron chi connectivity index (χ0n) is 19.5. The number of benzene rings is 2. The Labute approximate surface area is 198 Å². The summed E-state index contributed by atoms with van der Waals surface area (Å²) in [6.45, 7) is 4.04. The second kappa shape index (κ2) is 9.26. The first-order chi connectivity index (χ1) is 16.5. The number of primary amides is 1. The Morgan fingerprint density at radius 2 is 1.97 bits per heavy atom. The molecule has 34 heavy (non-hydrogen) atoms. The molecule has 176 valence electrons. The topological polar surface area (TPSA) is 118 Å². The third-order valence-corrected chi connectivity index (χ3v) is 6.66. The van der Waals surface area contributed by atoms with Gasteiger partial charge in [-0.25, -0.2) is 0 Å². The normalized spacial score (nSPS) is 17.4. The van der Waals surface area contributed by atoms with Crippen molar-refractivity contribution in [2.45, 2.75) is 45.2 Å². The molecule has 0 saturated carbocycles. The number of fused-ring (bicyclic) bond motifs is 2. The summed E-state index contributed by atoms with van der Waals surface area (Å²) in [4.78, 5) is 19.0. The Kier molecular flexibility index (Phi) is 6.02. The Hall–Kier alpha value is -3.72. The molecule has 1 amide bonds. The molecule has 1 aromatic heterocycles. The van der Waals surface area contributed by atoms with Gasteiger partial charge in [0.25, 0.3) is 5.91 Å². The highest BCUT2D eigenvalue weighted by molar-refractivity contribution is 5.96. The van der Waals surface area contributed by atoms with Crippen molar-refractivity contribution < 1.29 is 9.53 Å². The Morgan fingerprint density at radius 3 is 2.76 bits per heavy atom. The van der Waals surface area contributed by atoms with E-state index in [-0.39, 0.29) is 17.5 Å². The van der Waals surface area contributed by atoms with Gasteiger partial charge >= 0.3 is 0 Å². The number of nitrogens with one attached hydrogen (secondary N) is 2. The number of para-hydroxylation sites is 1. The van der Waals surface area contributed by atoms with Crippen LogP contribution in [0.4, 0.5) is 23.1 Å². The molecule has 0 radical (unpaired) electrons. The van der Waals surface area contributed by atoms with Crippen molar-refractivity contribution in [1.82, 2.24) is 20.1 Å². The lowest BCUT2D eigenvalue weighted by Gasteiger charge is -2.40. The van der Waals surface area contributed by atoms with Gasteiger partial charge in [-0.2, -0.15) is 4.98 Å². The maximum atomic E-state index is 11.9. The van der Waals surface area contributed by atoms with Crippen LogP contribution in [0.2, 0.25) is 0 Å². The summed E-state index contributed by atoms with van der Waals surface area (Å²) in [6.07, 6.45) is 4.86. The number of nitrogens with zero attached hydrogens (tertiary/aromatic N) is 4. The molecular weight excluding hydrogens is 430 g/mol. The van der Waals surface area contributed by atoms with Crippen molar-refractivity contribution in [3.8, 4) is 5.75 Å². The van der Waals surface area contributed by atoms with Crippen molar-refractivity contribution in [3.05, 3.63) is 58.8 Å². The first kappa shape index (κ1) is 22.1. The lowest BCUT2D eigenvalue weighted by Crippen LogP contribution is -2.43. The summed E-state index contributed by atoms with van der Waals surface area (Å²) >= 11 is 0. The van der Waals surface area contributed by atoms with E-state index in [4.69, 9.17) is 10.5 Å². The van der Waals surface area contributed by atoms with Crippen LogP contribution in [-0.2, 0) is 13.0 Å². The maximum Gasteiger partial charge on any atom is 0.273 e. The van der Waals surface area contributed by atoms with Crippen LogP contribution < -0.4 is 21.1 Å². The van der Waals surface area contributed by atoms with E-state index < -0.39 is 5.91 Å². The third kappa shape index (κ3) is 4.38. The lowest BCUT2D eigenvalue weighted by molar-refractivity contribution is 0.0995. The standard InChI is InChI=1S/C25H29N7O2/c1-15-7-3-4-9-19(15)27-24-22(23(26)33)30-31-25(29-24)28-20-12-17-14-32-10-6-5-8-18(32)11-16(17)13-21(20)34-2/h3-4,7,9,12-13,18H,5-6,8,10-11,14H2,1-2H3,(H2,26,33)(H2,27,28,29,31). The lowest BCUT2D eigenvalue weighted by atomic mass is 9.88. The van der Waals surface area contributed by atoms with Gasteiger partial charge in [-0.15, -0.1) is 10.2 Å². The molecule has 0 aliphatic carbocycles. The molecule has 1 fully saturated rings. The summed E-state index contributed by atoms with van der Waals surface area (Å²) in [5, 5.41) is 14.5. The third-order valence-electron chi connectivity index (χ3n) is 6.66. The van der Waals surface area contributed by atoms with Crippen LogP contribution in [0.3, 0.4) is 0 Å². The van der Waals surface area contributed by atoms with E-state index in [1.807, 2.05) is 31.2 Å². The van der Waals surface area contributed by atoms with Crippen molar-refractivity contribution >= 4 is 29.0 Å². The fourth-order valence-corrected chi connectivity index (χ4v) is 4.84. The fraction of sp³-hybridized carbons (Fsp3) is 0.360. The number of anilines is 4. The van der Waals surface area contributed by atoms with E-state index >= 15 is 0 Å². The molecular formula is C25H29N7O2. The Morgan fingerprint density at radius 1 is 1.12 bits per heavy atom. The van der Waals surface area contributed by atoms with E-state index in [0.717, 1.165) is 42.2 Å². The largest absolute Gasteiger partial charge is 0.495 e. The highest BCUT2D eigenvalue weighted by atomic mass is 16.5. The number of aromatic nitrogens is 3. The van der Waals surface area contributed by atoms with E-state index in [0.29, 0.717) is 6.04 Å². The smallest absolute Gasteiger partial charge is 0.273 e. The maximum absolute atomic E-state index is 11.9. The van der Waals surface area contributed by atoms with Gasteiger partial charge in [-0.1, -0.05) is 24.6 Å². The predicted octanol–water partition coefficient (Wildman–Crippen LogP) is 3.69. The Balaban J connectivity index is 1.46. The molecule has 9 heteroatoms. The summed E-state index contributed by atoms with van der Waals surface area (Å²) in [5.74, 6) is 0.502. The molecule has 2 aliphatic heterocycles. The van der Waals surface area contributed by atoms with Crippen molar-refractivity contribution in [2.24, 2.45) is 5.73 Å². The van der Waals surface area contributed by atoms with Gasteiger partial charge in [-0.05, 0) is 67.6 Å². The van der Waals surface area contributed by atoms with Gasteiger partial charge in [0.2, 0.25) is 5.95 Å². The molecule has 0 bridgehead atoms. The number of ether oxygens (including phenoxy) is 1. The SMILES string of the molecule is COc1cc2c(cc1Nc1nnc(C(N)=O)c(Nc3ccccc3C)n1)CN1CCCCC1C2. The molecule has 5 rings (SSSR count). The quantitative estimate of drug-likeness (QED) is 0.511. The number of carbonyl (C=O) groups excluding carboxylic acids is 1. The first-order valence-electron chi connectivity index (χ1n) is 11.6. The predicted molar refractivity (Wildman–Crippen MR) is 131 cm³/mol.